The van der Waals surface area contributed by atoms with Crippen LogP contribution >= 0.6 is 11.6 Å². The maximum absolute atomic E-state index is 11.7. The largest absolute Gasteiger partial charge is 0.508 e. The summed E-state index contributed by atoms with van der Waals surface area (Å²) in [7, 11) is 0. The molecule has 1 aromatic carbocycles. The minimum absolute atomic E-state index is 0.140. The normalized spacial score (nSPS) is 11.7. The number of nitrogens with one attached hydrogen (secondary N) is 1. The number of phenolic OH excluding ortho intramolecular Hbond substituents is 1. The summed E-state index contributed by atoms with van der Waals surface area (Å²) in [4.78, 5) is 23.0. The molecule has 0 radical (unpaired) electrons. The van der Waals surface area contributed by atoms with Crippen molar-refractivity contribution < 1.29 is 19.4 Å². The van der Waals surface area contributed by atoms with Crippen LogP contribution in [0, 0.1) is 0 Å². The first-order valence-corrected chi connectivity index (χ1v) is 6.40. The number of aromatic hydroxyl groups is 1. The zero-order chi connectivity index (χ0) is 14.3. The Labute approximate surface area is 116 Å². The number of hydrogen-bond acceptors (Lipinski definition) is 4. The molecule has 5 nitrogen and oxygen atoms in total. The predicted octanol–water partition coefficient (Wildman–Crippen LogP) is 1.22. The third-order valence-corrected chi connectivity index (χ3v) is 2.65. The Morgan fingerprint density at radius 2 is 2.00 bits per heavy atom. The molecule has 1 atom stereocenters. The molecule has 0 aliphatic carbocycles. The van der Waals surface area contributed by atoms with Gasteiger partial charge in [0.15, 0.2) is 0 Å². The highest BCUT2D eigenvalue weighted by Crippen LogP contribution is 2.12. The van der Waals surface area contributed by atoms with Crippen LogP contribution in [0.3, 0.4) is 0 Å². The first kappa shape index (κ1) is 15.3. The molecule has 1 aromatic rings. The second-order valence-electron chi connectivity index (χ2n) is 3.88. The Hall–Kier alpha value is -1.75. The summed E-state index contributed by atoms with van der Waals surface area (Å²) in [6.45, 7) is 1.93. The van der Waals surface area contributed by atoms with Gasteiger partial charge in [-0.1, -0.05) is 12.1 Å². The van der Waals surface area contributed by atoms with Gasteiger partial charge in [-0.25, -0.2) is 4.79 Å². The summed E-state index contributed by atoms with van der Waals surface area (Å²) in [6, 6.07) is 5.60. The van der Waals surface area contributed by atoms with Crippen LogP contribution in [0.2, 0.25) is 0 Å². The number of carbonyl (C=O) groups is 2. The average molecular weight is 286 g/mol. The van der Waals surface area contributed by atoms with Gasteiger partial charge >= 0.3 is 5.97 Å². The van der Waals surface area contributed by atoms with E-state index in [1.54, 1.807) is 19.1 Å². The molecule has 19 heavy (non-hydrogen) atoms. The van der Waals surface area contributed by atoms with E-state index < -0.39 is 17.9 Å². The quantitative estimate of drug-likeness (QED) is 0.609. The molecule has 0 bridgehead atoms. The topological polar surface area (TPSA) is 75.6 Å². The van der Waals surface area contributed by atoms with Crippen LogP contribution < -0.4 is 5.32 Å². The van der Waals surface area contributed by atoms with Gasteiger partial charge in [0.25, 0.3) is 0 Å². The number of alkyl halides is 1. The second-order valence-corrected chi connectivity index (χ2v) is 4.14. The van der Waals surface area contributed by atoms with E-state index in [4.69, 9.17) is 16.3 Å². The Kier molecular flexibility index (Phi) is 6.15. The summed E-state index contributed by atoms with van der Waals surface area (Å²) in [5, 5.41) is 11.7. The highest BCUT2D eigenvalue weighted by Gasteiger charge is 2.22. The van der Waals surface area contributed by atoms with E-state index in [0.29, 0.717) is 0 Å². The van der Waals surface area contributed by atoms with E-state index in [2.05, 4.69) is 5.32 Å². The van der Waals surface area contributed by atoms with Gasteiger partial charge in [0, 0.05) is 6.42 Å². The average Bonchev–Trinajstić information content (AvgIpc) is 2.40. The van der Waals surface area contributed by atoms with Gasteiger partial charge in [-0.05, 0) is 24.6 Å². The SMILES string of the molecule is CCOC(=O)C(Cc1ccc(O)cc1)NC(=O)CCl. The zero-order valence-electron chi connectivity index (χ0n) is 10.6. The van der Waals surface area contributed by atoms with Gasteiger partial charge in [-0.3, -0.25) is 4.79 Å². The van der Waals surface area contributed by atoms with Crippen molar-refractivity contribution in [3.8, 4) is 5.75 Å². The smallest absolute Gasteiger partial charge is 0.328 e. The fourth-order valence-electron chi connectivity index (χ4n) is 1.54. The van der Waals surface area contributed by atoms with Crippen molar-refractivity contribution >= 4 is 23.5 Å². The molecule has 0 spiro atoms. The zero-order valence-corrected chi connectivity index (χ0v) is 11.3. The molecule has 1 amide bonds. The van der Waals surface area contributed by atoms with Crippen LogP contribution in [0.4, 0.5) is 0 Å². The summed E-state index contributed by atoms with van der Waals surface area (Å²) in [6.07, 6.45) is 0.280. The Morgan fingerprint density at radius 1 is 1.37 bits per heavy atom. The van der Waals surface area contributed by atoms with Crippen LogP contribution in [0.5, 0.6) is 5.75 Å². The lowest BCUT2D eigenvalue weighted by Gasteiger charge is -2.16. The molecule has 0 aliphatic heterocycles. The van der Waals surface area contributed by atoms with Gasteiger partial charge in [-0.15, -0.1) is 11.6 Å². The Balaban J connectivity index is 2.75. The molecule has 1 rings (SSSR count). The molecule has 0 aromatic heterocycles. The fraction of sp³-hybridized carbons (Fsp3) is 0.385. The van der Waals surface area contributed by atoms with E-state index in [0.717, 1.165) is 5.56 Å². The molecule has 0 fully saturated rings. The van der Waals surface area contributed by atoms with E-state index in [9.17, 15) is 14.7 Å². The molecular formula is C13H16ClNO4. The number of rotatable bonds is 6. The van der Waals surface area contributed by atoms with Crippen molar-refractivity contribution in [2.75, 3.05) is 12.5 Å². The molecule has 0 aliphatic rings. The molecule has 6 heteroatoms. The van der Waals surface area contributed by atoms with Gasteiger partial charge < -0.3 is 15.2 Å². The van der Waals surface area contributed by atoms with Crippen LogP contribution in [-0.4, -0.2) is 35.5 Å². The fourth-order valence-corrected chi connectivity index (χ4v) is 1.61. The lowest BCUT2D eigenvalue weighted by atomic mass is 10.1. The number of amides is 1. The standard InChI is InChI=1S/C13H16ClNO4/c1-2-19-13(18)11(15-12(17)8-14)7-9-3-5-10(16)6-4-9/h3-6,11,16H,2,7-8H2,1H3,(H,15,17). The molecule has 0 heterocycles. The number of ether oxygens (including phenoxy) is 1. The van der Waals surface area contributed by atoms with Crippen LogP contribution in [0.15, 0.2) is 24.3 Å². The summed E-state index contributed by atoms with van der Waals surface area (Å²) >= 11 is 5.40. The van der Waals surface area contributed by atoms with Crippen molar-refractivity contribution in [3.63, 3.8) is 0 Å². The number of halogens is 1. The predicted molar refractivity (Wildman–Crippen MR) is 71.1 cm³/mol. The number of esters is 1. The third kappa shape index (κ3) is 5.18. The molecular weight excluding hydrogens is 270 g/mol. The number of phenols is 1. The summed E-state index contributed by atoms with van der Waals surface area (Å²) in [5.41, 5.74) is 0.797. The number of carbonyl (C=O) groups excluding carboxylic acids is 2. The van der Waals surface area contributed by atoms with Crippen molar-refractivity contribution in [2.24, 2.45) is 0 Å². The van der Waals surface area contributed by atoms with Gasteiger partial charge in [0.2, 0.25) is 5.91 Å². The molecule has 104 valence electrons. The third-order valence-electron chi connectivity index (χ3n) is 2.40. The second kappa shape index (κ2) is 7.63. The van der Waals surface area contributed by atoms with Crippen molar-refractivity contribution in [3.05, 3.63) is 29.8 Å². The first-order valence-electron chi connectivity index (χ1n) is 5.86. The maximum Gasteiger partial charge on any atom is 0.328 e. The Bertz CT molecular complexity index is 433. The lowest BCUT2D eigenvalue weighted by molar-refractivity contribution is -0.147. The van der Waals surface area contributed by atoms with E-state index in [1.165, 1.54) is 12.1 Å². The monoisotopic (exact) mass is 285 g/mol. The van der Waals surface area contributed by atoms with E-state index in [-0.39, 0.29) is 24.7 Å². The molecule has 0 saturated carbocycles. The minimum Gasteiger partial charge on any atom is -0.508 e. The molecule has 2 N–H and O–H groups in total. The van der Waals surface area contributed by atoms with Crippen LogP contribution in [0.1, 0.15) is 12.5 Å². The van der Waals surface area contributed by atoms with Crippen molar-refractivity contribution in [1.82, 2.24) is 5.32 Å². The lowest BCUT2D eigenvalue weighted by Crippen LogP contribution is -2.43. The van der Waals surface area contributed by atoms with Crippen molar-refractivity contribution in [2.45, 2.75) is 19.4 Å². The molecule has 1 unspecified atom stereocenters. The maximum atomic E-state index is 11.7. The summed E-state index contributed by atoms with van der Waals surface area (Å²) in [5.74, 6) is -1.01. The van der Waals surface area contributed by atoms with E-state index >= 15 is 0 Å². The minimum atomic E-state index is -0.782. The molecule has 0 saturated heterocycles. The van der Waals surface area contributed by atoms with Crippen molar-refractivity contribution in [1.29, 1.82) is 0 Å². The van der Waals surface area contributed by atoms with Gasteiger partial charge in [0.05, 0.1) is 6.61 Å². The number of benzene rings is 1. The van der Waals surface area contributed by atoms with Gasteiger partial charge in [-0.2, -0.15) is 0 Å². The highest BCUT2D eigenvalue weighted by atomic mass is 35.5. The van der Waals surface area contributed by atoms with Crippen LogP contribution in [-0.2, 0) is 20.7 Å². The summed E-state index contributed by atoms with van der Waals surface area (Å²) < 4.78 is 4.90. The first-order chi connectivity index (χ1) is 9.06. The number of hydrogen-bond donors (Lipinski definition) is 2. The van der Waals surface area contributed by atoms with Crippen LogP contribution in [0.25, 0.3) is 0 Å². The Morgan fingerprint density at radius 3 is 2.53 bits per heavy atom. The van der Waals surface area contributed by atoms with E-state index in [1.807, 2.05) is 0 Å². The van der Waals surface area contributed by atoms with Gasteiger partial charge in [0.1, 0.15) is 17.7 Å². The highest BCUT2D eigenvalue weighted by molar-refractivity contribution is 6.27.